The molecule has 0 bridgehead atoms. The van der Waals surface area contributed by atoms with Crippen molar-refractivity contribution in [3.8, 4) is 0 Å². The number of hydrogen-bond acceptors (Lipinski definition) is 0. The van der Waals surface area contributed by atoms with Crippen LogP contribution in [0.1, 0.15) is 38.5 Å². The average Bonchev–Trinajstić information content (AvgIpc) is 1.72. The van der Waals surface area contributed by atoms with E-state index in [9.17, 15) is 0 Å². The van der Waals surface area contributed by atoms with E-state index in [1.807, 2.05) is 0 Å². The number of hydrogen-bond donors (Lipinski definition) is 0. The molecule has 1 rings (SSSR count). The van der Waals surface area contributed by atoms with E-state index in [1.54, 1.807) is 0 Å². The first-order valence-electron chi connectivity index (χ1n) is 3.00. The zero-order chi connectivity index (χ0) is 4.24. The Morgan fingerprint density at radius 3 is 0.714 bits per heavy atom. The van der Waals surface area contributed by atoms with Crippen molar-refractivity contribution >= 4 is 27.3 Å². The first-order valence-corrected chi connectivity index (χ1v) is 3.00. The molecule has 0 aliphatic heterocycles. The fourth-order valence-corrected chi connectivity index (χ4v) is 1.06. The Bertz CT molecular complexity index is 19.7. The van der Waals surface area contributed by atoms with Gasteiger partial charge < -0.3 is 0 Å². The van der Waals surface area contributed by atoms with Crippen LogP contribution in [0.5, 0.6) is 0 Å². The summed E-state index contributed by atoms with van der Waals surface area (Å²) in [7, 11) is 0. The fourth-order valence-electron chi connectivity index (χ4n) is 1.06. The largest absolute Gasteiger partial charge is 0.0533 e. The Hall–Kier alpha value is 0.922. The molecule has 1 saturated carbocycles. The third kappa shape index (κ3) is 3.50. The van der Waals surface area contributed by atoms with Gasteiger partial charge in [0.25, 0.3) is 0 Å². The van der Waals surface area contributed by atoms with Crippen molar-refractivity contribution in [1.29, 1.82) is 0 Å². The Labute approximate surface area is 65.8 Å². The van der Waals surface area contributed by atoms with Gasteiger partial charge in [-0.1, -0.05) is 38.5 Å². The van der Waals surface area contributed by atoms with Crippen molar-refractivity contribution in [2.45, 2.75) is 38.5 Å². The molecule has 1 aliphatic carbocycles. The first-order chi connectivity index (χ1) is 3.00. The van der Waals surface area contributed by atoms with Crippen LogP contribution in [0.3, 0.4) is 0 Å². The molecular formula is C6H12Pb. The van der Waals surface area contributed by atoms with E-state index in [0.29, 0.717) is 0 Å². The second kappa shape index (κ2) is 5.07. The Balaban J connectivity index is 0.000000360. The minimum atomic E-state index is 0. The van der Waals surface area contributed by atoms with Crippen LogP contribution in [0.25, 0.3) is 0 Å². The van der Waals surface area contributed by atoms with Crippen molar-refractivity contribution in [3.05, 3.63) is 0 Å². The minimum Gasteiger partial charge on any atom is -0.0533 e. The molecule has 1 aliphatic rings. The van der Waals surface area contributed by atoms with Crippen LogP contribution in [0.2, 0.25) is 0 Å². The monoisotopic (exact) mass is 292 g/mol. The zero-order valence-corrected chi connectivity index (χ0v) is 8.63. The SMILES string of the molecule is C1CCCCC1.[Pb]. The van der Waals surface area contributed by atoms with Crippen LogP contribution in [0, 0.1) is 0 Å². The Morgan fingerprint density at radius 2 is 0.571 bits per heavy atom. The maximum atomic E-state index is 1.50. The van der Waals surface area contributed by atoms with Crippen LogP contribution in [0.15, 0.2) is 0 Å². The van der Waals surface area contributed by atoms with Gasteiger partial charge in [0.05, 0.1) is 0 Å². The van der Waals surface area contributed by atoms with Gasteiger partial charge in [0, 0.05) is 27.3 Å². The quantitative estimate of drug-likeness (QED) is 0.599. The molecule has 40 valence electrons. The van der Waals surface area contributed by atoms with E-state index in [1.165, 1.54) is 38.5 Å². The van der Waals surface area contributed by atoms with Gasteiger partial charge in [-0.25, -0.2) is 0 Å². The van der Waals surface area contributed by atoms with Crippen molar-refractivity contribution in [3.63, 3.8) is 0 Å². The summed E-state index contributed by atoms with van der Waals surface area (Å²) < 4.78 is 0. The average molecular weight is 291 g/mol. The van der Waals surface area contributed by atoms with E-state index < -0.39 is 0 Å². The van der Waals surface area contributed by atoms with Crippen LogP contribution < -0.4 is 0 Å². The number of rotatable bonds is 0. The molecule has 0 aromatic carbocycles. The van der Waals surface area contributed by atoms with Crippen LogP contribution >= 0.6 is 0 Å². The van der Waals surface area contributed by atoms with Crippen molar-refractivity contribution in [1.82, 2.24) is 0 Å². The van der Waals surface area contributed by atoms with Crippen LogP contribution in [0.4, 0.5) is 0 Å². The molecule has 1 heteroatoms. The normalized spacial score (nSPS) is 20.6. The molecule has 0 spiro atoms. The second-order valence-electron chi connectivity index (χ2n) is 2.12. The molecule has 0 saturated heterocycles. The first kappa shape index (κ1) is 7.92. The van der Waals surface area contributed by atoms with Gasteiger partial charge in [0.1, 0.15) is 0 Å². The van der Waals surface area contributed by atoms with E-state index in [-0.39, 0.29) is 27.3 Å². The molecule has 4 radical (unpaired) electrons. The van der Waals surface area contributed by atoms with Gasteiger partial charge >= 0.3 is 0 Å². The minimum absolute atomic E-state index is 0. The summed E-state index contributed by atoms with van der Waals surface area (Å²) in [5, 5.41) is 0. The molecule has 0 nitrogen and oxygen atoms in total. The van der Waals surface area contributed by atoms with Gasteiger partial charge in [-0.2, -0.15) is 0 Å². The van der Waals surface area contributed by atoms with Gasteiger partial charge in [0.2, 0.25) is 0 Å². The third-order valence-corrected chi connectivity index (χ3v) is 1.50. The molecular weight excluding hydrogens is 279 g/mol. The summed E-state index contributed by atoms with van der Waals surface area (Å²) in [5.74, 6) is 0. The van der Waals surface area contributed by atoms with Gasteiger partial charge in [-0.05, 0) is 0 Å². The van der Waals surface area contributed by atoms with E-state index in [4.69, 9.17) is 0 Å². The molecule has 0 atom stereocenters. The summed E-state index contributed by atoms with van der Waals surface area (Å²) in [4.78, 5) is 0. The molecule has 0 amide bonds. The molecule has 0 N–H and O–H groups in total. The molecule has 0 heterocycles. The Morgan fingerprint density at radius 1 is 0.429 bits per heavy atom. The molecule has 7 heavy (non-hydrogen) atoms. The molecule has 0 aromatic rings. The van der Waals surface area contributed by atoms with Crippen LogP contribution in [-0.4, -0.2) is 27.3 Å². The summed E-state index contributed by atoms with van der Waals surface area (Å²) >= 11 is 0. The summed E-state index contributed by atoms with van der Waals surface area (Å²) in [6.07, 6.45) is 9.00. The van der Waals surface area contributed by atoms with Crippen molar-refractivity contribution in [2.24, 2.45) is 0 Å². The van der Waals surface area contributed by atoms with Crippen LogP contribution in [-0.2, 0) is 0 Å². The molecule has 0 unspecified atom stereocenters. The van der Waals surface area contributed by atoms with Gasteiger partial charge in [-0.3, -0.25) is 0 Å². The molecule has 0 aromatic heterocycles. The maximum absolute atomic E-state index is 1.50. The predicted octanol–water partition coefficient (Wildman–Crippen LogP) is 1.96. The maximum Gasteiger partial charge on any atom is 0 e. The fraction of sp³-hybridized carbons (Fsp3) is 1.00. The van der Waals surface area contributed by atoms with E-state index in [0.717, 1.165) is 0 Å². The standard InChI is InChI=1S/C6H12.Pb/c1-2-4-6-5-3-1;/h1-6H2;. The smallest absolute Gasteiger partial charge is 0 e. The van der Waals surface area contributed by atoms with E-state index >= 15 is 0 Å². The van der Waals surface area contributed by atoms with Crippen molar-refractivity contribution in [2.75, 3.05) is 0 Å². The van der Waals surface area contributed by atoms with Gasteiger partial charge in [0.15, 0.2) is 0 Å². The topological polar surface area (TPSA) is 0 Å². The second-order valence-corrected chi connectivity index (χ2v) is 2.12. The van der Waals surface area contributed by atoms with E-state index in [2.05, 4.69) is 0 Å². The summed E-state index contributed by atoms with van der Waals surface area (Å²) in [5.41, 5.74) is 0. The third-order valence-electron chi connectivity index (χ3n) is 1.50. The predicted molar refractivity (Wildman–Crippen MR) is 33.5 cm³/mol. The molecule has 1 fully saturated rings. The zero-order valence-electron chi connectivity index (χ0n) is 4.74. The summed E-state index contributed by atoms with van der Waals surface area (Å²) in [6, 6.07) is 0. The Kier molecular flexibility index (Phi) is 5.73. The van der Waals surface area contributed by atoms with Gasteiger partial charge in [-0.15, -0.1) is 0 Å². The summed E-state index contributed by atoms with van der Waals surface area (Å²) in [6.45, 7) is 0. The van der Waals surface area contributed by atoms with Crippen molar-refractivity contribution < 1.29 is 0 Å².